The molecule has 1 aromatic rings. The number of rotatable bonds is 5. The van der Waals surface area contributed by atoms with E-state index in [9.17, 15) is 4.79 Å². The van der Waals surface area contributed by atoms with Gasteiger partial charge >= 0.3 is 0 Å². The molecule has 0 saturated carbocycles. The van der Waals surface area contributed by atoms with Crippen molar-refractivity contribution in [3.63, 3.8) is 0 Å². The van der Waals surface area contributed by atoms with Crippen LogP contribution < -0.4 is 5.32 Å². The molecule has 3 heteroatoms. The third kappa shape index (κ3) is 4.97. The normalized spacial score (nSPS) is 11.8. The van der Waals surface area contributed by atoms with Gasteiger partial charge in [-0.1, -0.05) is 32.9 Å². The summed E-state index contributed by atoms with van der Waals surface area (Å²) in [5, 5.41) is 3.01. The van der Waals surface area contributed by atoms with E-state index in [4.69, 9.17) is 0 Å². The van der Waals surface area contributed by atoms with Crippen LogP contribution in [-0.4, -0.2) is 38.0 Å². The van der Waals surface area contributed by atoms with E-state index >= 15 is 0 Å². The smallest absolute Gasteiger partial charge is 0.251 e. The van der Waals surface area contributed by atoms with Crippen molar-refractivity contribution in [3.05, 3.63) is 34.9 Å². The molecule has 0 aliphatic carbocycles. The van der Waals surface area contributed by atoms with Crippen LogP contribution in [-0.2, 0) is 5.41 Å². The van der Waals surface area contributed by atoms with E-state index in [0.29, 0.717) is 0 Å². The van der Waals surface area contributed by atoms with Gasteiger partial charge in [0.05, 0.1) is 0 Å². The van der Waals surface area contributed by atoms with Crippen LogP contribution in [0.15, 0.2) is 18.2 Å². The molecule has 1 aromatic carbocycles. The standard InChI is InChI=1S/C17H28N2O/c1-13-8-9-14(17(2,3)4)12-15(13)16(20)18-10-7-11-19(5)6/h8-9,12H,7,10-11H2,1-6H3,(H,18,20). The SMILES string of the molecule is Cc1ccc(C(C)(C)C)cc1C(=O)NCCCN(C)C. The Morgan fingerprint density at radius 1 is 1.25 bits per heavy atom. The maximum atomic E-state index is 12.3. The molecule has 0 aliphatic heterocycles. The molecule has 0 heterocycles. The second-order valence-electron chi connectivity index (χ2n) is 6.69. The van der Waals surface area contributed by atoms with Gasteiger partial charge in [-0.15, -0.1) is 0 Å². The summed E-state index contributed by atoms with van der Waals surface area (Å²) in [5.74, 6) is 0.0346. The van der Waals surface area contributed by atoms with Crippen LogP contribution in [0.5, 0.6) is 0 Å². The first kappa shape index (κ1) is 16.7. The number of amides is 1. The van der Waals surface area contributed by atoms with Crippen molar-refractivity contribution in [1.82, 2.24) is 10.2 Å². The largest absolute Gasteiger partial charge is 0.352 e. The van der Waals surface area contributed by atoms with Gasteiger partial charge in [0.1, 0.15) is 0 Å². The number of carbonyl (C=O) groups excluding carboxylic acids is 1. The van der Waals surface area contributed by atoms with Crippen LogP contribution in [0, 0.1) is 6.92 Å². The second-order valence-corrected chi connectivity index (χ2v) is 6.69. The Hall–Kier alpha value is -1.35. The number of nitrogens with one attached hydrogen (secondary N) is 1. The molecule has 0 radical (unpaired) electrons. The third-order valence-corrected chi connectivity index (χ3v) is 3.42. The Labute approximate surface area is 123 Å². The zero-order valence-corrected chi connectivity index (χ0v) is 13.7. The molecule has 0 unspecified atom stereocenters. The number of aryl methyl sites for hydroxylation is 1. The van der Waals surface area contributed by atoms with Crippen LogP contribution in [0.3, 0.4) is 0 Å². The lowest BCUT2D eigenvalue weighted by Crippen LogP contribution is -2.28. The number of nitrogens with zero attached hydrogens (tertiary/aromatic N) is 1. The molecule has 0 bridgehead atoms. The molecule has 20 heavy (non-hydrogen) atoms. The molecule has 1 amide bonds. The lowest BCUT2D eigenvalue weighted by molar-refractivity contribution is 0.0951. The van der Waals surface area contributed by atoms with Gasteiger partial charge in [0, 0.05) is 12.1 Å². The minimum Gasteiger partial charge on any atom is -0.352 e. The summed E-state index contributed by atoms with van der Waals surface area (Å²) >= 11 is 0. The van der Waals surface area contributed by atoms with Crippen LogP contribution >= 0.6 is 0 Å². The third-order valence-electron chi connectivity index (χ3n) is 3.42. The summed E-state index contributed by atoms with van der Waals surface area (Å²) in [6, 6.07) is 6.17. The number of hydrogen-bond donors (Lipinski definition) is 1. The van der Waals surface area contributed by atoms with Crippen molar-refractivity contribution in [2.45, 2.75) is 39.5 Å². The van der Waals surface area contributed by atoms with Crippen LogP contribution in [0.4, 0.5) is 0 Å². The van der Waals surface area contributed by atoms with Gasteiger partial charge in [0.2, 0.25) is 0 Å². The molecule has 1 rings (SSSR count). The average Bonchev–Trinajstić information content (AvgIpc) is 2.33. The Balaban J connectivity index is 2.72. The second kappa shape index (κ2) is 6.89. The fourth-order valence-electron chi connectivity index (χ4n) is 2.03. The highest BCUT2D eigenvalue weighted by Crippen LogP contribution is 2.24. The van der Waals surface area contributed by atoms with Gasteiger partial charge in [-0.2, -0.15) is 0 Å². The van der Waals surface area contributed by atoms with E-state index in [-0.39, 0.29) is 11.3 Å². The zero-order valence-electron chi connectivity index (χ0n) is 13.7. The van der Waals surface area contributed by atoms with Crippen molar-refractivity contribution in [1.29, 1.82) is 0 Å². The fraction of sp³-hybridized carbons (Fsp3) is 0.588. The molecule has 0 atom stereocenters. The number of hydrogen-bond acceptors (Lipinski definition) is 2. The van der Waals surface area contributed by atoms with E-state index in [1.807, 2.05) is 33.2 Å². The predicted octanol–water partition coefficient (Wildman–Crippen LogP) is 2.97. The van der Waals surface area contributed by atoms with Crippen molar-refractivity contribution < 1.29 is 4.79 Å². The number of benzene rings is 1. The molecular weight excluding hydrogens is 248 g/mol. The van der Waals surface area contributed by atoms with Crippen molar-refractivity contribution in [3.8, 4) is 0 Å². The molecule has 1 N–H and O–H groups in total. The minimum absolute atomic E-state index is 0.0346. The first-order valence-corrected chi connectivity index (χ1v) is 7.26. The van der Waals surface area contributed by atoms with E-state index in [0.717, 1.165) is 30.6 Å². The highest BCUT2D eigenvalue weighted by molar-refractivity contribution is 5.95. The molecule has 3 nitrogen and oxygen atoms in total. The summed E-state index contributed by atoms with van der Waals surface area (Å²) in [6.07, 6.45) is 0.969. The first-order valence-electron chi connectivity index (χ1n) is 7.26. The quantitative estimate of drug-likeness (QED) is 0.839. The van der Waals surface area contributed by atoms with E-state index in [2.05, 4.69) is 37.1 Å². The van der Waals surface area contributed by atoms with Gasteiger partial charge in [0.15, 0.2) is 0 Å². The Kier molecular flexibility index (Phi) is 5.75. The highest BCUT2D eigenvalue weighted by atomic mass is 16.1. The fourth-order valence-corrected chi connectivity index (χ4v) is 2.03. The van der Waals surface area contributed by atoms with E-state index in [1.165, 1.54) is 5.56 Å². The summed E-state index contributed by atoms with van der Waals surface area (Å²) in [5.41, 5.74) is 3.08. The van der Waals surface area contributed by atoms with Crippen LogP contribution in [0.1, 0.15) is 48.7 Å². The molecule has 0 aliphatic rings. The molecule has 112 valence electrons. The molecule has 0 fully saturated rings. The first-order chi connectivity index (χ1) is 9.21. The molecule has 0 aromatic heterocycles. The summed E-state index contributed by atoms with van der Waals surface area (Å²) in [6.45, 7) is 10.2. The number of carbonyl (C=O) groups is 1. The summed E-state index contributed by atoms with van der Waals surface area (Å²) in [7, 11) is 4.08. The topological polar surface area (TPSA) is 32.3 Å². The van der Waals surface area contributed by atoms with Crippen LogP contribution in [0.25, 0.3) is 0 Å². The van der Waals surface area contributed by atoms with Gasteiger partial charge in [0.25, 0.3) is 5.91 Å². The highest BCUT2D eigenvalue weighted by Gasteiger charge is 2.17. The van der Waals surface area contributed by atoms with Crippen molar-refractivity contribution >= 4 is 5.91 Å². The zero-order chi connectivity index (χ0) is 15.3. The average molecular weight is 276 g/mol. The van der Waals surface area contributed by atoms with E-state index in [1.54, 1.807) is 0 Å². The maximum Gasteiger partial charge on any atom is 0.251 e. The monoisotopic (exact) mass is 276 g/mol. The van der Waals surface area contributed by atoms with E-state index < -0.39 is 0 Å². The summed E-state index contributed by atoms with van der Waals surface area (Å²) in [4.78, 5) is 14.4. The Morgan fingerprint density at radius 3 is 2.45 bits per heavy atom. The molecule has 0 spiro atoms. The maximum absolute atomic E-state index is 12.3. The Morgan fingerprint density at radius 2 is 1.90 bits per heavy atom. The van der Waals surface area contributed by atoms with Crippen LogP contribution in [0.2, 0.25) is 0 Å². The van der Waals surface area contributed by atoms with Gasteiger partial charge in [-0.25, -0.2) is 0 Å². The minimum atomic E-state index is 0.0346. The Bertz CT molecular complexity index is 459. The lowest BCUT2D eigenvalue weighted by atomic mass is 9.85. The van der Waals surface area contributed by atoms with Gasteiger partial charge in [-0.3, -0.25) is 4.79 Å². The predicted molar refractivity (Wildman–Crippen MR) is 85.4 cm³/mol. The van der Waals surface area contributed by atoms with Crippen molar-refractivity contribution in [2.24, 2.45) is 0 Å². The van der Waals surface area contributed by atoms with Crippen molar-refractivity contribution in [2.75, 3.05) is 27.2 Å². The lowest BCUT2D eigenvalue weighted by Gasteiger charge is -2.20. The van der Waals surface area contributed by atoms with Gasteiger partial charge < -0.3 is 10.2 Å². The van der Waals surface area contributed by atoms with Gasteiger partial charge in [-0.05, 0) is 56.6 Å². The molecule has 0 saturated heterocycles. The summed E-state index contributed by atoms with van der Waals surface area (Å²) < 4.78 is 0. The molecular formula is C17H28N2O.